The van der Waals surface area contributed by atoms with Crippen molar-refractivity contribution in [2.24, 2.45) is 0 Å². The van der Waals surface area contributed by atoms with Gasteiger partial charge in [-0.05, 0) is 81.8 Å². The fourth-order valence-corrected chi connectivity index (χ4v) is 16.2. The minimum absolute atomic E-state index is 0.0237. The van der Waals surface area contributed by atoms with Crippen molar-refractivity contribution in [2.45, 2.75) is 308 Å². The number of ether oxygens (including phenoxy) is 8. The molecule has 8 nitrogen and oxygen atoms in total. The van der Waals surface area contributed by atoms with Crippen LogP contribution in [0.1, 0.15) is 353 Å². The summed E-state index contributed by atoms with van der Waals surface area (Å²) in [6.45, 7) is 9.43. The first-order valence-corrected chi connectivity index (χ1v) is 37.1. The van der Waals surface area contributed by atoms with E-state index in [0.29, 0.717) is 0 Å². The first-order valence-electron chi connectivity index (χ1n) is 35.6. The van der Waals surface area contributed by atoms with Gasteiger partial charge < -0.3 is 37.9 Å². The number of benzene rings is 4. The quantitative estimate of drug-likeness (QED) is 0.0408. The van der Waals surface area contributed by atoms with Crippen LogP contribution in [-0.2, 0) is 0 Å². The van der Waals surface area contributed by atoms with Crippen LogP contribution >= 0.6 is 31.9 Å². The molecule has 0 saturated carbocycles. The summed E-state index contributed by atoms with van der Waals surface area (Å²) in [4.78, 5) is 0. The maximum absolute atomic E-state index is 6.91. The Morgan fingerprint density at radius 3 is 0.640 bits per heavy atom. The van der Waals surface area contributed by atoms with Gasteiger partial charge in [-0.1, -0.05) is 259 Å². The summed E-state index contributed by atoms with van der Waals surface area (Å²) in [5, 5.41) is 0. The van der Waals surface area contributed by atoms with Crippen LogP contribution in [0.4, 0.5) is 0 Å². The summed E-state index contributed by atoms with van der Waals surface area (Å²) in [6, 6.07) is 14.4. The van der Waals surface area contributed by atoms with Crippen molar-refractivity contribution in [3.63, 3.8) is 0 Å². The predicted molar refractivity (Wildman–Crippen MR) is 360 cm³/mol. The molecule has 0 N–H and O–H groups in total. The maximum atomic E-state index is 6.91. The van der Waals surface area contributed by atoms with E-state index in [1.807, 2.05) is 0 Å². The summed E-state index contributed by atoms with van der Waals surface area (Å²) in [7, 11) is 0. The number of unbranched alkanes of at least 4 members (excludes halogenated alkanes) is 32. The van der Waals surface area contributed by atoms with E-state index in [2.05, 4.69) is 96.0 Å². The molecule has 0 spiro atoms. The fraction of sp³-hybridized carbons (Fsp3) is 0.684. The van der Waals surface area contributed by atoms with Crippen LogP contribution in [0.25, 0.3) is 0 Å². The van der Waals surface area contributed by atoms with Crippen LogP contribution in [0, 0.1) is 0 Å². The summed E-state index contributed by atoms with van der Waals surface area (Å²) in [5.74, 6) is 6.44. The number of hydrogen-bond donors (Lipinski definition) is 0. The lowest BCUT2D eigenvalue weighted by Crippen LogP contribution is -2.23. The number of halogens is 2. The molecule has 4 aromatic rings. The summed E-state index contributed by atoms with van der Waals surface area (Å²) >= 11 is 8.49. The molecule has 4 atom stereocenters. The highest BCUT2D eigenvalue weighted by Gasteiger charge is 2.39. The molecule has 1 aliphatic carbocycles. The van der Waals surface area contributed by atoms with Gasteiger partial charge in [0.2, 0.25) is 27.2 Å². The predicted octanol–water partition coefficient (Wildman–Crippen LogP) is 24.7. The van der Waals surface area contributed by atoms with E-state index in [-0.39, 0.29) is 50.8 Å². The van der Waals surface area contributed by atoms with Crippen molar-refractivity contribution in [2.75, 3.05) is 27.2 Å². The van der Waals surface area contributed by atoms with E-state index in [4.69, 9.17) is 37.9 Å². The molecular formula is C76H110Br2O8. The van der Waals surface area contributed by atoms with Crippen molar-refractivity contribution in [1.29, 1.82) is 0 Å². The van der Waals surface area contributed by atoms with Crippen molar-refractivity contribution in [1.82, 2.24) is 0 Å². The third kappa shape index (κ3) is 17.8. The number of rotatable bonds is 40. The molecule has 5 aliphatic rings. The Balaban J connectivity index is 1.20. The van der Waals surface area contributed by atoms with Gasteiger partial charge in [0.15, 0.2) is 0 Å². The Morgan fingerprint density at radius 1 is 0.244 bits per heavy atom. The zero-order chi connectivity index (χ0) is 59.7. The largest absolute Gasteiger partial charge is 0.457 e. The molecule has 4 aliphatic heterocycles. The zero-order valence-electron chi connectivity index (χ0n) is 53.9. The standard InChI is InChI=1S/C76H110Br2O8/c1-5-9-13-17-21-25-29-33-37-41-55-59-45-60-56(42-38-34-30-26-22-18-14-10-6-2)65-48-66-58(44-40-36-32-28-24-20-16-12-8-4)62-46-61-57(43-39-35-31-27-23-19-15-11-7-3)64-47-63(55)73-71(77)74(64)84-53-81-69(61)50-70(62)82-54-86-76(66)72(78)75(65)85-52-80-68(60)49-67(59)79-51-83-73/h45-50,55-58H,5-44,51-54H2,1-4H3. The molecule has 0 radical (unpaired) electrons. The molecule has 8 bridgehead atoms. The average Bonchev–Trinajstić information content (AvgIpc) is 1.22. The van der Waals surface area contributed by atoms with E-state index in [9.17, 15) is 0 Å². The van der Waals surface area contributed by atoms with Gasteiger partial charge in [-0.15, -0.1) is 0 Å². The molecule has 86 heavy (non-hydrogen) atoms. The first-order chi connectivity index (χ1) is 42.4. The van der Waals surface area contributed by atoms with Crippen LogP contribution in [0.2, 0.25) is 0 Å². The van der Waals surface area contributed by atoms with Crippen LogP contribution in [0.15, 0.2) is 45.3 Å². The van der Waals surface area contributed by atoms with Crippen molar-refractivity contribution in [3.8, 4) is 46.0 Å². The molecule has 10 heteroatoms. The highest BCUT2D eigenvalue weighted by molar-refractivity contribution is 9.11. The van der Waals surface area contributed by atoms with E-state index in [1.54, 1.807) is 0 Å². The first kappa shape index (κ1) is 66.7. The molecule has 4 heterocycles. The monoisotopic (exact) mass is 1310 g/mol. The summed E-state index contributed by atoms with van der Waals surface area (Å²) < 4.78 is 56.8. The van der Waals surface area contributed by atoms with Crippen LogP contribution in [-0.4, -0.2) is 27.2 Å². The van der Waals surface area contributed by atoms with Gasteiger partial charge in [-0.3, -0.25) is 0 Å². The normalized spacial score (nSPS) is 17.7. The molecule has 476 valence electrons. The molecule has 4 aromatic carbocycles. The van der Waals surface area contributed by atoms with Gasteiger partial charge in [0.05, 0.1) is 0 Å². The third-order valence-electron chi connectivity index (χ3n) is 19.8. The van der Waals surface area contributed by atoms with E-state index >= 15 is 0 Å². The smallest absolute Gasteiger partial charge is 0.230 e. The fourth-order valence-electron chi connectivity index (χ4n) is 14.9. The topological polar surface area (TPSA) is 73.8 Å². The second kappa shape index (κ2) is 36.2. The van der Waals surface area contributed by atoms with E-state index in [1.165, 1.54) is 250 Å². The molecule has 0 aromatic heterocycles. The van der Waals surface area contributed by atoms with Crippen molar-refractivity contribution in [3.05, 3.63) is 89.9 Å². The van der Waals surface area contributed by atoms with E-state index < -0.39 is 0 Å². The van der Waals surface area contributed by atoms with Crippen LogP contribution in [0.3, 0.4) is 0 Å². The molecule has 9 rings (SSSR count). The minimum atomic E-state index is -0.0237. The number of hydrogen-bond acceptors (Lipinski definition) is 8. The highest BCUT2D eigenvalue weighted by Crippen LogP contribution is 2.58. The van der Waals surface area contributed by atoms with Gasteiger partial charge in [0.1, 0.15) is 54.9 Å². The Hall–Kier alpha value is -3.76. The Labute approximate surface area is 537 Å². The second-order valence-electron chi connectivity index (χ2n) is 26.2. The zero-order valence-corrected chi connectivity index (χ0v) is 57.1. The van der Waals surface area contributed by atoms with Gasteiger partial charge in [0.25, 0.3) is 0 Å². The third-order valence-corrected chi connectivity index (χ3v) is 21.3. The second-order valence-corrected chi connectivity index (χ2v) is 27.8. The Morgan fingerprint density at radius 2 is 0.430 bits per heavy atom. The van der Waals surface area contributed by atoms with Crippen LogP contribution < -0.4 is 37.9 Å². The van der Waals surface area contributed by atoms with Gasteiger partial charge in [0, 0.05) is 80.3 Å². The lowest BCUT2D eigenvalue weighted by molar-refractivity contribution is 0.0969. The Bertz CT molecular complexity index is 2340. The lowest BCUT2D eigenvalue weighted by Gasteiger charge is -2.36. The SMILES string of the molecule is CCCCCCCCCCCC1c2cc3c4cc2OCOc2c1cc1c(c2Br)OCOc2cc5c(cc2C1CCCCCCCCCCC)C(CCCCCCCCCCC)c1cc(c(c(Br)c1OCO5)OCO4)C3CCCCCCCCCCC. The average molecular weight is 1310 g/mol. The molecule has 0 saturated heterocycles. The van der Waals surface area contributed by atoms with E-state index in [0.717, 1.165) is 106 Å². The van der Waals surface area contributed by atoms with Gasteiger partial charge in [-0.25, -0.2) is 0 Å². The summed E-state index contributed by atoms with van der Waals surface area (Å²) in [5.41, 5.74) is 9.64. The highest BCUT2D eigenvalue weighted by atomic mass is 79.9. The van der Waals surface area contributed by atoms with Gasteiger partial charge >= 0.3 is 0 Å². The maximum Gasteiger partial charge on any atom is 0.230 e. The van der Waals surface area contributed by atoms with Crippen molar-refractivity contribution < 1.29 is 37.9 Å². The summed E-state index contributed by atoms with van der Waals surface area (Å²) in [6.07, 6.45) is 49.6. The van der Waals surface area contributed by atoms with Crippen LogP contribution in [0.5, 0.6) is 46.0 Å². The molecule has 0 fully saturated rings. The molecule has 0 amide bonds. The lowest BCUT2D eigenvalue weighted by atomic mass is 9.76. The van der Waals surface area contributed by atoms with Crippen molar-refractivity contribution >= 4 is 31.9 Å². The molecule has 4 unspecified atom stereocenters. The minimum Gasteiger partial charge on any atom is -0.457 e. The Kier molecular flexibility index (Phi) is 28.0. The van der Waals surface area contributed by atoms with Gasteiger partial charge in [-0.2, -0.15) is 0 Å². The molecular weight excluding hydrogens is 1200 g/mol.